The average Bonchev–Trinajstić information content (AvgIpc) is 2.46. The number of carbonyl (C=O) groups excluding carboxylic acids is 1. The Morgan fingerprint density at radius 3 is 2.71 bits per heavy atom. The molecule has 1 fully saturated rings. The van der Waals surface area contributed by atoms with Crippen LogP contribution in [0.3, 0.4) is 0 Å². The number of nitro benzene ring substituents is 1. The molecule has 1 aromatic rings. The van der Waals surface area contributed by atoms with Gasteiger partial charge in [0.2, 0.25) is 5.91 Å². The Morgan fingerprint density at radius 1 is 1.43 bits per heavy atom. The second kappa shape index (κ2) is 8.86. The molecule has 0 spiro atoms. The van der Waals surface area contributed by atoms with Crippen molar-refractivity contribution >= 4 is 35.8 Å². The van der Waals surface area contributed by atoms with Crippen molar-refractivity contribution in [1.82, 2.24) is 10.6 Å². The maximum atomic E-state index is 11.8. The molecule has 1 saturated heterocycles. The molecule has 1 aliphatic rings. The summed E-state index contributed by atoms with van der Waals surface area (Å²) in [5.74, 6) is 2.06. The Morgan fingerprint density at radius 2 is 2.14 bits per heavy atom. The molecule has 1 aliphatic heterocycles. The normalized spacial score (nSPS) is 17.6. The molecular weight excluding hydrogens is 314 g/mol. The van der Waals surface area contributed by atoms with Crippen LogP contribution in [0.2, 0.25) is 0 Å². The number of thioether (sulfide) groups is 1. The second-order valence-corrected chi connectivity index (χ2v) is 5.78. The van der Waals surface area contributed by atoms with E-state index >= 15 is 0 Å². The van der Waals surface area contributed by atoms with E-state index in [0.717, 1.165) is 23.6 Å². The Labute approximate surface area is 133 Å². The zero-order valence-electron chi connectivity index (χ0n) is 11.4. The molecule has 2 N–H and O–H groups in total. The molecule has 1 amide bonds. The summed E-state index contributed by atoms with van der Waals surface area (Å²) in [5, 5.41) is 16.7. The van der Waals surface area contributed by atoms with Crippen LogP contribution in [0.15, 0.2) is 24.3 Å². The van der Waals surface area contributed by atoms with Gasteiger partial charge < -0.3 is 10.6 Å². The largest absolute Gasteiger partial charge is 0.352 e. The summed E-state index contributed by atoms with van der Waals surface area (Å²) < 4.78 is 0. The van der Waals surface area contributed by atoms with Crippen LogP contribution in [0, 0.1) is 10.1 Å². The maximum absolute atomic E-state index is 11.8. The highest BCUT2D eigenvalue weighted by Crippen LogP contribution is 2.12. The van der Waals surface area contributed by atoms with E-state index in [9.17, 15) is 14.9 Å². The maximum Gasteiger partial charge on any atom is 0.269 e. The van der Waals surface area contributed by atoms with E-state index in [1.807, 2.05) is 11.8 Å². The predicted octanol–water partition coefficient (Wildman–Crippen LogP) is 1.73. The number of hydrogen-bond acceptors (Lipinski definition) is 5. The topological polar surface area (TPSA) is 84.3 Å². The van der Waals surface area contributed by atoms with Crippen LogP contribution < -0.4 is 10.6 Å². The van der Waals surface area contributed by atoms with Gasteiger partial charge in [0.05, 0.1) is 4.92 Å². The van der Waals surface area contributed by atoms with Gasteiger partial charge in [0.15, 0.2) is 0 Å². The third-order valence-corrected chi connectivity index (χ3v) is 4.20. The molecule has 1 aromatic carbocycles. The van der Waals surface area contributed by atoms with Crippen molar-refractivity contribution in [2.24, 2.45) is 0 Å². The highest BCUT2D eigenvalue weighted by Gasteiger charge is 2.16. The van der Waals surface area contributed by atoms with E-state index in [1.54, 1.807) is 12.1 Å². The van der Waals surface area contributed by atoms with Gasteiger partial charge in [-0.15, -0.1) is 12.4 Å². The lowest BCUT2D eigenvalue weighted by molar-refractivity contribution is -0.384. The molecule has 0 radical (unpaired) electrons. The first kappa shape index (κ1) is 17.7. The number of rotatable bonds is 5. The smallest absolute Gasteiger partial charge is 0.269 e. The lowest BCUT2D eigenvalue weighted by atomic mass is 10.2. The van der Waals surface area contributed by atoms with Gasteiger partial charge in [-0.25, -0.2) is 0 Å². The molecule has 8 heteroatoms. The summed E-state index contributed by atoms with van der Waals surface area (Å²) in [6, 6.07) is 6.45. The van der Waals surface area contributed by atoms with E-state index in [2.05, 4.69) is 10.6 Å². The molecule has 2 rings (SSSR count). The van der Waals surface area contributed by atoms with E-state index in [4.69, 9.17) is 0 Å². The van der Waals surface area contributed by atoms with Gasteiger partial charge in [0.25, 0.3) is 5.69 Å². The molecule has 6 nitrogen and oxygen atoms in total. The third-order valence-electron chi connectivity index (χ3n) is 3.07. The number of carbonyl (C=O) groups is 1. The number of benzene rings is 1. The van der Waals surface area contributed by atoms with E-state index in [0.29, 0.717) is 13.0 Å². The van der Waals surface area contributed by atoms with Gasteiger partial charge in [-0.1, -0.05) is 12.1 Å². The third kappa shape index (κ3) is 5.91. The predicted molar refractivity (Wildman–Crippen MR) is 85.9 cm³/mol. The number of nitrogens with zero attached hydrogens (tertiary/aromatic N) is 1. The van der Waals surface area contributed by atoms with Crippen molar-refractivity contribution < 1.29 is 9.72 Å². The summed E-state index contributed by atoms with van der Waals surface area (Å²) >= 11 is 1.86. The molecule has 21 heavy (non-hydrogen) atoms. The zero-order chi connectivity index (χ0) is 14.4. The summed E-state index contributed by atoms with van der Waals surface area (Å²) in [5.41, 5.74) is 0.915. The van der Waals surface area contributed by atoms with Crippen LogP contribution in [0.25, 0.3) is 0 Å². The summed E-state index contributed by atoms with van der Waals surface area (Å²) in [6.45, 7) is 1.35. The van der Waals surface area contributed by atoms with Gasteiger partial charge in [-0.05, 0) is 5.56 Å². The fraction of sp³-hybridized carbons (Fsp3) is 0.462. The van der Waals surface area contributed by atoms with E-state index in [-0.39, 0.29) is 30.0 Å². The first-order valence-electron chi connectivity index (χ1n) is 6.46. The SMILES string of the molecule is Cl.O=C(CC1CSCCN1)NCc1ccc([N+](=O)[O-])cc1. The van der Waals surface area contributed by atoms with Gasteiger partial charge in [0.1, 0.15) is 0 Å². The standard InChI is InChI=1S/C13H17N3O3S.ClH/c17-13(7-11-9-20-6-5-14-11)15-8-10-1-3-12(4-2-10)16(18)19;/h1-4,11,14H,5-9H2,(H,15,17);1H. The minimum Gasteiger partial charge on any atom is -0.352 e. The molecule has 0 bridgehead atoms. The number of nitrogens with one attached hydrogen (secondary N) is 2. The van der Waals surface area contributed by atoms with Crippen LogP contribution in [-0.2, 0) is 11.3 Å². The van der Waals surface area contributed by atoms with Crippen LogP contribution >= 0.6 is 24.2 Å². The highest BCUT2D eigenvalue weighted by molar-refractivity contribution is 7.99. The van der Waals surface area contributed by atoms with E-state index in [1.165, 1.54) is 12.1 Å². The van der Waals surface area contributed by atoms with Crippen LogP contribution in [-0.4, -0.2) is 34.9 Å². The van der Waals surface area contributed by atoms with Crippen LogP contribution in [0.5, 0.6) is 0 Å². The molecule has 1 heterocycles. The number of nitro groups is 1. The average molecular weight is 332 g/mol. The van der Waals surface area contributed by atoms with Crippen molar-refractivity contribution in [1.29, 1.82) is 0 Å². The zero-order valence-corrected chi connectivity index (χ0v) is 13.0. The number of hydrogen-bond donors (Lipinski definition) is 2. The fourth-order valence-electron chi connectivity index (χ4n) is 1.98. The fourth-order valence-corrected chi connectivity index (χ4v) is 2.93. The molecular formula is C13H18ClN3O3S. The minimum absolute atomic E-state index is 0. The Kier molecular flexibility index (Phi) is 7.49. The first-order chi connectivity index (χ1) is 9.65. The molecule has 1 atom stereocenters. The molecule has 0 aromatic heterocycles. The quantitative estimate of drug-likeness (QED) is 0.634. The number of halogens is 1. The van der Waals surface area contributed by atoms with Crippen molar-refractivity contribution in [3.63, 3.8) is 0 Å². The second-order valence-electron chi connectivity index (χ2n) is 4.63. The summed E-state index contributed by atoms with van der Waals surface area (Å²) in [4.78, 5) is 21.9. The molecule has 0 aliphatic carbocycles. The number of amides is 1. The Hall–Kier alpha value is -1.31. The van der Waals surface area contributed by atoms with Gasteiger partial charge >= 0.3 is 0 Å². The van der Waals surface area contributed by atoms with Crippen LogP contribution in [0.4, 0.5) is 5.69 Å². The summed E-state index contributed by atoms with van der Waals surface area (Å²) in [6.07, 6.45) is 0.472. The lowest BCUT2D eigenvalue weighted by Crippen LogP contribution is -2.41. The molecule has 116 valence electrons. The first-order valence-corrected chi connectivity index (χ1v) is 7.62. The molecule has 0 saturated carbocycles. The van der Waals surface area contributed by atoms with Crippen molar-refractivity contribution in [2.75, 3.05) is 18.1 Å². The van der Waals surface area contributed by atoms with Crippen molar-refractivity contribution in [3.05, 3.63) is 39.9 Å². The Bertz CT molecular complexity index is 478. The van der Waals surface area contributed by atoms with Crippen LogP contribution in [0.1, 0.15) is 12.0 Å². The van der Waals surface area contributed by atoms with E-state index < -0.39 is 4.92 Å². The van der Waals surface area contributed by atoms with Crippen molar-refractivity contribution in [2.45, 2.75) is 19.0 Å². The Balaban J connectivity index is 0.00000220. The van der Waals surface area contributed by atoms with Gasteiger partial charge in [-0.3, -0.25) is 14.9 Å². The van der Waals surface area contributed by atoms with Crippen molar-refractivity contribution in [3.8, 4) is 0 Å². The van der Waals surface area contributed by atoms with Gasteiger partial charge in [0, 0.05) is 49.2 Å². The summed E-state index contributed by atoms with van der Waals surface area (Å²) in [7, 11) is 0. The van der Waals surface area contributed by atoms with Gasteiger partial charge in [-0.2, -0.15) is 11.8 Å². The molecule has 1 unspecified atom stereocenters. The highest BCUT2D eigenvalue weighted by atomic mass is 35.5. The monoisotopic (exact) mass is 331 g/mol. The number of non-ortho nitro benzene ring substituents is 1. The lowest BCUT2D eigenvalue weighted by Gasteiger charge is -2.22. The minimum atomic E-state index is -0.436.